The van der Waals surface area contributed by atoms with Crippen LogP contribution in [0.5, 0.6) is 0 Å². The number of aliphatic hydroxyl groups excluding tert-OH is 1. The zero-order chi connectivity index (χ0) is 7.11. The summed E-state index contributed by atoms with van der Waals surface area (Å²) in [6.07, 6.45) is 2.10. The first kappa shape index (κ1) is 8.43. The van der Waals surface area contributed by atoms with Crippen LogP contribution in [0.25, 0.3) is 0 Å². The molecule has 3 nitrogen and oxygen atoms in total. The van der Waals surface area contributed by atoms with Crippen molar-refractivity contribution in [2.24, 2.45) is 0 Å². The van der Waals surface area contributed by atoms with Crippen molar-refractivity contribution in [2.45, 2.75) is 13.3 Å². The maximum absolute atomic E-state index is 10.4. The van der Waals surface area contributed by atoms with E-state index in [-0.39, 0.29) is 19.2 Å². The summed E-state index contributed by atoms with van der Waals surface area (Å²) in [5.41, 5.74) is 0. The number of esters is 1. The molecule has 0 spiro atoms. The van der Waals surface area contributed by atoms with Crippen LogP contribution in [-0.4, -0.2) is 24.3 Å². The van der Waals surface area contributed by atoms with Gasteiger partial charge in [0.05, 0.1) is 13.0 Å². The first-order valence-electron chi connectivity index (χ1n) is 2.92. The minimum absolute atomic E-state index is 0.0926. The van der Waals surface area contributed by atoms with Gasteiger partial charge in [-0.1, -0.05) is 6.92 Å². The highest BCUT2D eigenvalue weighted by atomic mass is 16.5. The molecule has 0 fully saturated rings. The second kappa shape index (κ2) is 5.56. The predicted octanol–water partition coefficient (Wildman–Crippen LogP) is 0.136. The molecule has 0 aliphatic carbocycles. The van der Waals surface area contributed by atoms with Crippen LogP contribution >= 0.6 is 0 Å². The van der Waals surface area contributed by atoms with Gasteiger partial charge in [-0.25, -0.2) is 0 Å². The standard InChI is InChI=1S/C6H11O3/c1-2-3-6(8)9-5-4-7/h3,7H,2,4-5H2,1H3. The second-order valence-corrected chi connectivity index (χ2v) is 1.50. The Morgan fingerprint density at radius 2 is 2.44 bits per heavy atom. The van der Waals surface area contributed by atoms with Crippen molar-refractivity contribution in [3.63, 3.8) is 0 Å². The number of hydrogen-bond donors (Lipinski definition) is 1. The SMILES string of the molecule is CC[CH]C(=O)OCCO. The highest BCUT2D eigenvalue weighted by Crippen LogP contribution is 1.87. The van der Waals surface area contributed by atoms with Crippen molar-refractivity contribution in [3.8, 4) is 0 Å². The van der Waals surface area contributed by atoms with Gasteiger partial charge in [0.1, 0.15) is 6.61 Å². The summed E-state index contributed by atoms with van der Waals surface area (Å²) >= 11 is 0. The lowest BCUT2D eigenvalue weighted by Gasteiger charge is -1.98. The van der Waals surface area contributed by atoms with Crippen molar-refractivity contribution >= 4 is 5.97 Å². The molecule has 53 valence electrons. The van der Waals surface area contributed by atoms with Gasteiger partial charge in [-0.3, -0.25) is 4.79 Å². The summed E-state index contributed by atoms with van der Waals surface area (Å²) in [5.74, 6) is -0.355. The fraction of sp³-hybridized carbons (Fsp3) is 0.667. The molecule has 0 aromatic heterocycles. The van der Waals surface area contributed by atoms with E-state index in [0.29, 0.717) is 6.42 Å². The Hall–Kier alpha value is -0.570. The van der Waals surface area contributed by atoms with Gasteiger partial charge in [0.15, 0.2) is 0 Å². The number of ether oxygens (including phenoxy) is 1. The number of carbonyl (C=O) groups is 1. The Kier molecular flexibility index (Phi) is 5.21. The number of hydrogen-bond acceptors (Lipinski definition) is 3. The monoisotopic (exact) mass is 131 g/mol. The molecule has 1 N–H and O–H groups in total. The van der Waals surface area contributed by atoms with Crippen molar-refractivity contribution in [1.29, 1.82) is 0 Å². The summed E-state index contributed by atoms with van der Waals surface area (Å²) < 4.78 is 4.49. The molecule has 0 heterocycles. The van der Waals surface area contributed by atoms with E-state index in [4.69, 9.17) is 5.11 Å². The van der Waals surface area contributed by atoms with Crippen LogP contribution in [0.2, 0.25) is 0 Å². The highest BCUT2D eigenvalue weighted by molar-refractivity contribution is 5.78. The molecule has 9 heavy (non-hydrogen) atoms. The Labute approximate surface area is 54.6 Å². The molecule has 0 aliphatic rings. The Balaban J connectivity index is 3.06. The molecule has 0 amide bonds. The quantitative estimate of drug-likeness (QED) is 0.552. The molecule has 0 bridgehead atoms. The molecule has 0 rings (SSSR count). The van der Waals surface area contributed by atoms with E-state index in [2.05, 4.69) is 4.74 Å². The van der Waals surface area contributed by atoms with Gasteiger partial charge in [-0.05, 0) is 6.42 Å². The zero-order valence-corrected chi connectivity index (χ0v) is 5.46. The van der Waals surface area contributed by atoms with Gasteiger partial charge in [-0.2, -0.15) is 0 Å². The van der Waals surface area contributed by atoms with Crippen LogP contribution < -0.4 is 0 Å². The zero-order valence-electron chi connectivity index (χ0n) is 5.46. The molecule has 3 heteroatoms. The third kappa shape index (κ3) is 5.30. The van der Waals surface area contributed by atoms with E-state index in [1.165, 1.54) is 6.42 Å². The van der Waals surface area contributed by atoms with Gasteiger partial charge in [0.2, 0.25) is 0 Å². The van der Waals surface area contributed by atoms with Gasteiger partial charge >= 0.3 is 5.97 Å². The average molecular weight is 131 g/mol. The van der Waals surface area contributed by atoms with Crippen LogP contribution in [0.3, 0.4) is 0 Å². The molecule has 0 saturated heterocycles. The molecular formula is C6H11O3. The molecular weight excluding hydrogens is 120 g/mol. The van der Waals surface area contributed by atoms with E-state index in [0.717, 1.165) is 0 Å². The van der Waals surface area contributed by atoms with E-state index in [1.807, 2.05) is 6.92 Å². The minimum atomic E-state index is -0.355. The number of aliphatic hydroxyl groups is 1. The van der Waals surface area contributed by atoms with Crippen LogP contribution in [0.1, 0.15) is 13.3 Å². The Morgan fingerprint density at radius 3 is 2.89 bits per heavy atom. The lowest BCUT2D eigenvalue weighted by molar-refractivity contribution is -0.140. The number of rotatable bonds is 4. The summed E-state index contributed by atoms with van der Waals surface area (Å²) in [6.45, 7) is 1.83. The highest BCUT2D eigenvalue weighted by Gasteiger charge is 1.97. The molecule has 1 radical (unpaired) electrons. The van der Waals surface area contributed by atoms with E-state index in [9.17, 15) is 4.79 Å². The average Bonchev–Trinajstić information content (AvgIpc) is 1.85. The smallest absolute Gasteiger partial charge is 0.309 e. The lowest BCUT2D eigenvalue weighted by Crippen LogP contribution is -2.07. The minimum Gasteiger partial charge on any atom is -0.463 e. The van der Waals surface area contributed by atoms with Crippen molar-refractivity contribution in [2.75, 3.05) is 13.2 Å². The summed E-state index contributed by atoms with van der Waals surface area (Å²) in [6, 6.07) is 0. The van der Waals surface area contributed by atoms with E-state index < -0.39 is 0 Å². The molecule has 0 atom stereocenters. The van der Waals surface area contributed by atoms with Crippen LogP contribution in [0, 0.1) is 6.42 Å². The lowest BCUT2D eigenvalue weighted by atomic mass is 10.3. The fourth-order valence-electron chi connectivity index (χ4n) is 0.372. The van der Waals surface area contributed by atoms with Crippen molar-refractivity contribution in [3.05, 3.63) is 6.42 Å². The summed E-state index contributed by atoms with van der Waals surface area (Å²) in [5, 5.41) is 8.19. The van der Waals surface area contributed by atoms with Crippen LogP contribution in [-0.2, 0) is 9.53 Å². The normalized spacial score (nSPS) is 9.11. The first-order valence-corrected chi connectivity index (χ1v) is 2.92. The fourth-order valence-corrected chi connectivity index (χ4v) is 0.372. The molecule has 0 saturated carbocycles. The third-order valence-electron chi connectivity index (χ3n) is 0.706. The molecule has 0 unspecified atom stereocenters. The van der Waals surface area contributed by atoms with E-state index in [1.54, 1.807) is 0 Å². The van der Waals surface area contributed by atoms with Crippen LogP contribution in [0.15, 0.2) is 0 Å². The number of carbonyl (C=O) groups excluding carboxylic acids is 1. The first-order chi connectivity index (χ1) is 4.31. The second-order valence-electron chi connectivity index (χ2n) is 1.50. The maximum Gasteiger partial charge on any atom is 0.309 e. The van der Waals surface area contributed by atoms with Crippen molar-refractivity contribution < 1.29 is 14.6 Å². The molecule has 0 aromatic carbocycles. The van der Waals surface area contributed by atoms with E-state index >= 15 is 0 Å². The summed E-state index contributed by atoms with van der Waals surface area (Å²) in [4.78, 5) is 10.4. The van der Waals surface area contributed by atoms with Crippen molar-refractivity contribution in [1.82, 2.24) is 0 Å². The third-order valence-corrected chi connectivity index (χ3v) is 0.706. The Morgan fingerprint density at radius 1 is 1.78 bits per heavy atom. The molecule has 0 aliphatic heterocycles. The Bertz CT molecular complexity index is 80.4. The topological polar surface area (TPSA) is 46.5 Å². The molecule has 0 aromatic rings. The maximum atomic E-state index is 10.4. The van der Waals surface area contributed by atoms with Crippen LogP contribution in [0.4, 0.5) is 0 Å². The predicted molar refractivity (Wildman–Crippen MR) is 32.6 cm³/mol. The largest absolute Gasteiger partial charge is 0.463 e. The van der Waals surface area contributed by atoms with Gasteiger partial charge in [0, 0.05) is 0 Å². The van der Waals surface area contributed by atoms with Gasteiger partial charge < -0.3 is 9.84 Å². The van der Waals surface area contributed by atoms with Gasteiger partial charge in [0.25, 0.3) is 0 Å². The van der Waals surface area contributed by atoms with Gasteiger partial charge in [-0.15, -0.1) is 0 Å². The summed E-state index contributed by atoms with van der Waals surface area (Å²) in [7, 11) is 0.